The molecule has 0 radical (unpaired) electrons. The quantitative estimate of drug-likeness (QED) is 0.516. The molecule has 0 aliphatic heterocycles. The first kappa shape index (κ1) is 11.1. The van der Waals surface area contributed by atoms with Crippen LogP contribution >= 0.6 is 0 Å². The van der Waals surface area contributed by atoms with Gasteiger partial charge in [-0.3, -0.25) is 4.79 Å². The second kappa shape index (κ2) is 4.10. The summed E-state index contributed by atoms with van der Waals surface area (Å²) in [6, 6.07) is 16.4. The minimum absolute atomic E-state index is 0.0490. The van der Waals surface area contributed by atoms with Crippen LogP contribution in [-0.2, 0) is 0 Å². The summed E-state index contributed by atoms with van der Waals surface area (Å²) in [4.78, 5) is 12.1. The summed E-state index contributed by atoms with van der Waals surface area (Å²) in [5, 5.41) is 1.52. The van der Waals surface area contributed by atoms with Gasteiger partial charge in [-0.1, -0.05) is 30.3 Å². The zero-order chi connectivity index (χ0) is 13.5. The van der Waals surface area contributed by atoms with Crippen molar-refractivity contribution in [2.75, 3.05) is 0 Å². The molecular formula is C17H10O3. The van der Waals surface area contributed by atoms with Gasteiger partial charge in [0.05, 0.1) is 10.9 Å². The molecular weight excluding hydrogens is 252 g/mol. The fourth-order valence-electron chi connectivity index (χ4n) is 2.41. The minimum atomic E-state index is -0.0490. The molecule has 3 nitrogen and oxygen atoms in total. The maximum atomic E-state index is 12.1. The normalized spacial score (nSPS) is 11.2. The molecule has 0 atom stereocenters. The molecule has 0 bridgehead atoms. The van der Waals surface area contributed by atoms with Crippen LogP contribution in [0.4, 0.5) is 0 Å². The van der Waals surface area contributed by atoms with Gasteiger partial charge in [0.2, 0.25) is 0 Å². The van der Waals surface area contributed by atoms with Gasteiger partial charge in [0.15, 0.2) is 5.43 Å². The van der Waals surface area contributed by atoms with Crippen molar-refractivity contribution in [3.05, 3.63) is 71.1 Å². The van der Waals surface area contributed by atoms with E-state index in [0.717, 1.165) is 16.5 Å². The highest BCUT2D eigenvalue weighted by Gasteiger charge is 2.12. The van der Waals surface area contributed by atoms with Crippen molar-refractivity contribution < 1.29 is 8.83 Å². The van der Waals surface area contributed by atoms with E-state index < -0.39 is 0 Å². The van der Waals surface area contributed by atoms with Gasteiger partial charge in [-0.2, -0.15) is 0 Å². The van der Waals surface area contributed by atoms with Gasteiger partial charge in [-0.15, -0.1) is 0 Å². The fourth-order valence-corrected chi connectivity index (χ4v) is 2.41. The van der Waals surface area contributed by atoms with E-state index in [0.29, 0.717) is 16.7 Å². The van der Waals surface area contributed by atoms with Crippen LogP contribution in [0.3, 0.4) is 0 Å². The Labute approximate surface area is 114 Å². The molecule has 20 heavy (non-hydrogen) atoms. The summed E-state index contributed by atoms with van der Waals surface area (Å²) in [6.07, 6.45) is 1.62. The van der Waals surface area contributed by atoms with Crippen molar-refractivity contribution in [1.29, 1.82) is 0 Å². The number of fused-ring (bicyclic) bond motifs is 2. The highest BCUT2D eigenvalue weighted by molar-refractivity contribution is 5.93. The minimum Gasteiger partial charge on any atom is -0.464 e. The molecule has 0 aliphatic rings. The second-order valence-electron chi connectivity index (χ2n) is 4.62. The van der Waals surface area contributed by atoms with Gasteiger partial charge in [0.1, 0.15) is 23.2 Å². The molecule has 0 unspecified atom stereocenters. The maximum Gasteiger partial charge on any atom is 0.193 e. The Kier molecular flexibility index (Phi) is 2.27. The maximum absolute atomic E-state index is 12.1. The lowest BCUT2D eigenvalue weighted by Gasteiger charge is -2.01. The van der Waals surface area contributed by atoms with Crippen LogP contribution in [0.2, 0.25) is 0 Å². The first-order valence-electron chi connectivity index (χ1n) is 6.32. The number of hydrogen-bond acceptors (Lipinski definition) is 3. The monoisotopic (exact) mass is 262 g/mol. The van der Waals surface area contributed by atoms with Crippen LogP contribution in [0.1, 0.15) is 0 Å². The van der Waals surface area contributed by atoms with Crippen LogP contribution in [0.5, 0.6) is 0 Å². The zero-order valence-electron chi connectivity index (χ0n) is 10.5. The number of para-hydroxylation sites is 2. The molecule has 0 fully saturated rings. The molecule has 2 heterocycles. The zero-order valence-corrected chi connectivity index (χ0v) is 10.5. The predicted molar refractivity (Wildman–Crippen MR) is 77.7 cm³/mol. The van der Waals surface area contributed by atoms with Gasteiger partial charge >= 0.3 is 0 Å². The summed E-state index contributed by atoms with van der Waals surface area (Å²) < 4.78 is 11.3. The lowest BCUT2D eigenvalue weighted by Crippen LogP contribution is -1.99. The first-order valence-corrected chi connectivity index (χ1v) is 6.32. The van der Waals surface area contributed by atoms with Gasteiger partial charge in [-0.25, -0.2) is 0 Å². The Hall–Kier alpha value is -2.81. The van der Waals surface area contributed by atoms with Crippen molar-refractivity contribution in [3.8, 4) is 11.3 Å². The van der Waals surface area contributed by atoms with Gasteiger partial charge in [0, 0.05) is 11.5 Å². The highest BCUT2D eigenvalue weighted by atomic mass is 16.3. The number of rotatable bonds is 1. The largest absolute Gasteiger partial charge is 0.464 e. The molecule has 0 spiro atoms. The number of furan rings is 1. The lowest BCUT2D eigenvalue weighted by atomic mass is 10.1. The van der Waals surface area contributed by atoms with E-state index in [4.69, 9.17) is 8.83 Å². The van der Waals surface area contributed by atoms with E-state index in [1.165, 1.54) is 6.07 Å². The number of benzene rings is 2. The lowest BCUT2D eigenvalue weighted by molar-refractivity contribution is 0.601. The molecule has 4 rings (SSSR count). The Morgan fingerprint density at radius 2 is 1.50 bits per heavy atom. The van der Waals surface area contributed by atoms with Crippen molar-refractivity contribution in [1.82, 2.24) is 0 Å². The summed E-state index contributed by atoms with van der Waals surface area (Å²) >= 11 is 0. The average Bonchev–Trinajstić information content (AvgIpc) is 2.91. The second-order valence-corrected chi connectivity index (χ2v) is 4.62. The molecule has 0 aliphatic carbocycles. The van der Waals surface area contributed by atoms with Crippen molar-refractivity contribution >= 4 is 21.9 Å². The van der Waals surface area contributed by atoms with Crippen LogP contribution < -0.4 is 5.43 Å². The molecule has 4 aromatic rings. The Balaban J connectivity index is 2.05. The molecule has 0 saturated heterocycles. The van der Waals surface area contributed by atoms with E-state index in [2.05, 4.69) is 0 Å². The molecule has 96 valence electrons. The molecule has 2 aromatic carbocycles. The molecule has 0 N–H and O–H groups in total. The van der Waals surface area contributed by atoms with Crippen LogP contribution in [-0.4, -0.2) is 0 Å². The fraction of sp³-hybridized carbons (Fsp3) is 0. The molecule has 3 heteroatoms. The highest BCUT2D eigenvalue weighted by Crippen LogP contribution is 2.30. The standard InChI is InChI=1S/C17H10O3/c18-14-9-17(20-16-8-4-2-6-12(14)16)13-10-19-15-7-3-1-5-11(13)15/h1-10H. The third-order valence-electron chi connectivity index (χ3n) is 3.38. The molecule has 2 aromatic heterocycles. The van der Waals surface area contributed by atoms with Crippen molar-refractivity contribution in [2.45, 2.75) is 0 Å². The molecule has 0 saturated carbocycles. The van der Waals surface area contributed by atoms with Crippen LogP contribution in [0.25, 0.3) is 33.3 Å². The molecule has 0 amide bonds. The average molecular weight is 262 g/mol. The van der Waals surface area contributed by atoms with E-state index in [-0.39, 0.29) is 5.43 Å². The van der Waals surface area contributed by atoms with Gasteiger partial charge in [-0.05, 0) is 18.2 Å². The third kappa shape index (κ3) is 1.57. The first-order chi connectivity index (χ1) is 9.83. The smallest absolute Gasteiger partial charge is 0.193 e. The SMILES string of the molecule is O=c1cc(-c2coc3ccccc23)oc2ccccc12. The van der Waals surface area contributed by atoms with E-state index >= 15 is 0 Å². The summed E-state index contributed by atoms with van der Waals surface area (Å²) in [5.74, 6) is 0.527. The van der Waals surface area contributed by atoms with Crippen LogP contribution in [0.15, 0.2) is 74.5 Å². The van der Waals surface area contributed by atoms with Gasteiger partial charge in [0.25, 0.3) is 0 Å². The van der Waals surface area contributed by atoms with E-state index in [1.54, 1.807) is 18.4 Å². The summed E-state index contributed by atoms with van der Waals surface area (Å²) in [5.41, 5.74) is 2.11. The van der Waals surface area contributed by atoms with E-state index in [9.17, 15) is 4.79 Å². The van der Waals surface area contributed by atoms with Gasteiger partial charge < -0.3 is 8.83 Å². The Bertz CT molecular complexity index is 976. The number of hydrogen-bond donors (Lipinski definition) is 0. The summed E-state index contributed by atoms with van der Waals surface area (Å²) in [6.45, 7) is 0. The predicted octanol–water partition coefficient (Wildman–Crippen LogP) is 4.21. The topological polar surface area (TPSA) is 43.4 Å². The summed E-state index contributed by atoms with van der Waals surface area (Å²) in [7, 11) is 0. The van der Waals surface area contributed by atoms with Crippen molar-refractivity contribution in [2.24, 2.45) is 0 Å². The third-order valence-corrected chi connectivity index (χ3v) is 3.38. The Morgan fingerprint density at radius 1 is 0.800 bits per heavy atom. The van der Waals surface area contributed by atoms with Crippen molar-refractivity contribution in [3.63, 3.8) is 0 Å². The van der Waals surface area contributed by atoms with E-state index in [1.807, 2.05) is 36.4 Å². The Morgan fingerprint density at radius 3 is 2.35 bits per heavy atom. The van der Waals surface area contributed by atoms with Crippen LogP contribution in [0, 0.1) is 0 Å².